The Morgan fingerprint density at radius 3 is 1.80 bits per heavy atom. The minimum atomic E-state index is -4.95. The van der Waals surface area contributed by atoms with Crippen LogP contribution in [-0.4, -0.2) is 9.97 Å². The summed E-state index contributed by atoms with van der Waals surface area (Å²) in [5.74, 6) is -2.64. The van der Waals surface area contributed by atoms with Crippen molar-refractivity contribution in [1.82, 2.24) is 9.97 Å². The molecule has 0 amide bonds. The molecule has 0 fully saturated rings. The van der Waals surface area contributed by atoms with Crippen molar-refractivity contribution in [2.24, 2.45) is 0 Å². The fraction of sp³-hybridized carbons (Fsp3) is 0.111. The van der Waals surface area contributed by atoms with Crippen molar-refractivity contribution in [1.29, 1.82) is 0 Å². The van der Waals surface area contributed by atoms with Gasteiger partial charge in [-0.3, -0.25) is 0 Å². The summed E-state index contributed by atoms with van der Waals surface area (Å²) in [5.41, 5.74) is 3.00. The Labute approximate surface area is 163 Å². The van der Waals surface area contributed by atoms with Crippen LogP contribution in [0.15, 0.2) is 48.8 Å². The average molecular weight is 433 g/mol. The first kappa shape index (κ1) is 21.1. The molecule has 0 aliphatic heterocycles. The lowest BCUT2D eigenvalue weighted by molar-refractivity contribution is -0.140. The van der Waals surface area contributed by atoms with E-state index in [1.807, 2.05) is 0 Å². The average Bonchev–Trinajstić information content (AvgIpc) is 2.65. The first-order valence-corrected chi connectivity index (χ1v) is 7.95. The summed E-state index contributed by atoms with van der Waals surface area (Å²) >= 11 is 0. The van der Waals surface area contributed by atoms with Crippen molar-refractivity contribution in [3.63, 3.8) is 0 Å². The maximum absolute atomic E-state index is 13.4. The molecule has 0 aliphatic carbocycles. The van der Waals surface area contributed by atoms with Gasteiger partial charge in [0, 0.05) is 0 Å². The minimum absolute atomic E-state index is 0.0412. The van der Waals surface area contributed by atoms with Gasteiger partial charge >= 0.3 is 12.4 Å². The third-order valence-corrected chi connectivity index (χ3v) is 3.66. The number of benzene rings is 2. The van der Waals surface area contributed by atoms with Crippen LogP contribution in [0.4, 0.5) is 36.4 Å². The van der Waals surface area contributed by atoms with Gasteiger partial charge in [0.1, 0.15) is 23.6 Å². The first-order valence-electron chi connectivity index (χ1n) is 7.95. The molecule has 0 unspecified atom stereocenters. The summed E-state index contributed by atoms with van der Waals surface area (Å²) in [6.07, 6.45) is -8.56. The van der Waals surface area contributed by atoms with Crippen LogP contribution in [-0.2, 0) is 12.4 Å². The molecule has 3 aromatic rings. The van der Waals surface area contributed by atoms with E-state index in [4.69, 9.17) is 15.2 Å². The van der Waals surface area contributed by atoms with Crippen molar-refractivity contribution in [2.45, 2.75) is 12.4 Å². The van der Waals surface area contributed by atoms with E-state index in [2.05, 4.69) is 9.97 Å². The zero-order valence-corrected chi connectivity index (χ0v) is 14.6. The van der Waals surface area contributed by atoms with Crippen LogP contribution < -0.4 is 15.2 Å². The molecule has 2 N–H and O–H groups in total. The summed E-state index contributed by atoms with van der Waals surface area (Å²) < 4.78 is 100. The maximum Gasteiger partial charge on any atom is 0.419 e. The van der Waals surface area contributed by atoms with E-state index in [0.29, 0.717) is 12.1 Å². The molecule has 5 nitrogen and oxygen atoms in total. The Balaban J connectivity index is 1.84. The molecule has 0 atom stereocenters. The highest BCUT2D eigenvalue weighted by atomic mass is 19.4. The van der Waals surface area contributed by atoms with Gasteiger partial charge in [0.25, 0.3) is 0 Å². The summed E-state index contributed by atoms with van der Waals surface area (Å²) in [6.45, 7) is 0. The molecule has 3 rings (SSSR count). The summed E-state index contributed by atoms with van der Waals surface area (Å²) in [4.78, 5) is 7.39. The van der Waals surface area contributed by atoms with Crippen LogP contribution in [0.25, 0.3) is 0 Å². The van der Waals surface area contributed by atoms with Gasteiger partial charge in [-0.1, -0.05) is 0 Å². The molecule has 0 aliphatic rings. The molecule has 1 heterocycles. The van der Waals surface area contributed by atoms with Crippen LogP contribution in [0.2, 0.25) is 0 Å². The van der Waals surface area contributed by atoms with Gasteiger partial charge in [-0.05, 0) is 42.5 Å². The topological polar surface area (TPSA) is 70.3 Å². The normalized spacial score (nSPS) is 12.0. The molecular formula is C18H10F7N3O2. The number of nitrogen functional groups attached to an aromatic ring is 1. The molecule has 30 heavy (non-hydrogen) atoms. The lowest BCUT2D eigenvalue weighted by Gasteiger charge is -2.13. The Bertz CT molecular complexity index is 1050. The number of rotatable bonds is 4. The Hall–Kier alpha value is -3.57. The standard InChI is InChI=1S/C18H10F7N3O2/c19-13-6-5-11(7-12(13)18(23,24)25)30-16-14(26)15(27-8-28-16)29-10-3-1-9(2-4-10)17(20,21)22/h1-8H,26H2. The number of ether oxygens (including phenoxy) is 2. The van der Waals surface area contributed by atoms with E-state index in [-0.39, 0.29) is 17.3 Å². The van der Waals surface area contributed by atoms with Gasteiger partial charge in [0.05, 0.1) is 11.1 Å². The molecular weight excluding hydrogens is 423 g/mol. The molecule has 1 aromatic heterocycles. The number of hydrogen-bond acceptors (Lipinski definition) is 5. The van der Waals surface area contributed by atoms with Gasteiger partial charge in [-0.25, -0.2) is 4.39 Å². The number of nitrogens with zero attached hydrogens (tertiary/aromatic N) is 2. The van der Waals surface area contributed by atoms with E-state index >= 15 is 0 Å². The lowest BCUT2D eigenvalue weighted by atomic mass is 10.2. The zero-order valence-electron chi connectivity index (χ0n) is 14.6. The molecule has 0 saturated carbocycles. The third kappa shape index (κ3) is 4.70. The molecule has 0 saturated heterocycles. The van der Waals surface area contributed by atoms with Crippen LogP contribution in [0.3, 0.4) is 0 Å². The van der Waals surface area contributed by atoms with E-state index in [0.717, 1.165) is 36.7 Å². The molecule has 158 valence electrons. The number of hydrogen-bond donors (Lipinski definition) is 1. The van der Waals surface area contributed by atoms with E-state index in [1.165, 1.54) is 0 Å². The second-order valence-corrected chi connectivity index (χ2v) is 5.76. The molecule has 2 aromatic carbocycles. The Morgan fingerprint density at radius 2 is 1.27 bits per heavy atom. The predicted molar refractivity (Wildman–Crippen MR) is 89.4 cm³/mol. The number of alkyl halides is 6. The van der Waals surface area contributed by atoms with Crippen LogP contribution in [0, 0.1) is 5.82 Å². The largest absolute Gasteiger partial charge is 0.437 e. The quantitative estimate of drug-likeness (QED) is 0.525. The third-order valence-electron chi connectivity index (χ3n) is 3.66. The fourth-order valence-corrected chi connectivity index (χ4v) is 2.25. The SMILES string of the molecule is Nc1c(Oc2ccc(C(F)(F)F)cc2)ncnc1Oc1ccc(F)c(C(F)(F)F)c1. The number of nitrogens with two attached hydrogens (primary N) is 1. The monoisotopic (exact) mass is 433 g/mol. The minimum Gasteiger partial charge on any atom is -0.437 e. The van der Waals surface area contributed by atoms with Crippen LogP contribution in [0.5, 0.6) is 23.3 Å². The van der Waals surface area contributed by atoms with Crippen LogP contribution >= 0.6 is 0 Å². The number of aromatic nitrogens is 2. The van der Waals surface area contributed by atoms with E-state index < -0.39 is 40.9 Å². The first-order chi connectivity index (χ1) is 13.9. The summed E-state index contributed by atoms with van der Waals surface area (Å²) in [7, 11) is 0. The smallest absolute Gasteiger partial charge is 0.419 e. The second-order valence-electron chi connectivity index (χ2n) is 5.76. The highest BCUT2D eigenvalue weighted by molar-refractivity contribution is 5.58. The van der Waals surface area contributed by atoms with Crippen molar-refractivity contribution in [3.8, 4) is 23.3 Å². The second kappa shape index (κ2) is 7.69. The van der Waals surface area contributed by atoms with Gasteiger partial charge in [0.2, 0.25) is 11.8 Å². The summed E-state index contributed by atoms with van der Waals surface area (Å²) in [5, 5.41) is 0. The van der Waals surface area contributed by atoms with Gasteiger partial charge in [-0.2, -0.15) is 36.3 Å². The van der Waals surface area contributed by atoms with E-state index in [1.54, 1.807) is 0 Å². The van der Waals surface area contributed by atoms with Crippen molar-refractivity contribution in [3.05, 3.63) is 65.7 Å². The van der Waals surface area contributed by atoms with Crippen LogP contribution in [0.1, 0.15) is 11.1 Å². The van der Waals surface area contributed by atoms with E-state index in [9.17, 15) is 30.7 Å². The molecule has 0 bridgehead atoms. The lowest BCUT2D eigenvalue weighted by Crippen LogP contribution is -2.08. The predicted octanol–water partition coefficient (Wildman–Crippen LogP) is 5.82. The molecule has 0 spiro atoms. The molecule has 0 radical (unpaired) electrons. The number of halogens is 7. The molecule has 12 heteroatoms. The van der Waals surface area contributed by atoms with Gasteiger partial charge in [-0.15, -0.1) is 0 Å². The van der Waals surface area contributed by atoms with Crippen molar-refractivity contribution in [2.75, 3.05) is 5.73 Å². The van der Waals surface area contributed by atoms with Gasteiger partial charge in [0.15, 0.2) is 5.69 Å². The fourth-order valence-electron chi connectivity index (χ4n) is 2.25. The van der Waals surface area contributed by atoms with Crippen molar-refractivity contribution < 1.29 is 40.2 Å². The number of anilines is 1. The van der Waals surface area contributed by atoms with Crippen molar-refractivity contribution >= 4 is 5.69 Å². The maximum atomic E-state index is 13.4. The van der Waals surface area contributed by atoms with Gasteiger partial charge < -0.3 is 15.2 Å². The summed E-state index contributed by atoms with van der Waals surface area (Å²) in [6, 6.07) is 5.54. The Morgan fingerprint density at radius 1 is 0.733 bits per heavy atom. The Kier molecular flexibility index (Phi) is 5.42. The highest BCUT2D eigenvalue weighted by Crippen LogP contribution is 2.37. The highest BCUT2D eigenvalue weighted by Gasteiger charge is 2.34. The zero-order chi connectivity index (χ0) is 22.1.